The molecule has 1 spiro atoms. The topological polar surface area (TPSA) is 120 Å². The number of rotatable bonds is 11. The summed E-state index contributed by atoms with van der Waals surface area (Å²) in [6.45, 7) is 14.4. The highest BCUT2D eigenvalue weighted by molar-refractivity contribution is 5.99. The van der Waals surface area contributed by atoms with E-state index in [4.69, 9.17) is 9.47 Å². The monoisotopic (exact) mass is 522 g/mol. The van der Waals surface area contributed by atoms with Crippen molar-refractivity contribution in [1.29, 1.82) is 0 Å². The maximum absolute atomic E-state index is 14.2. The normalized spacial score (nSPS) is 36.2. The Kier molecular flexibility index (Phi) is 8.52. The number of aliphatic hydroxyl groups excluding tert-OH is 1. The Morgan fingerprint density at radius 1 is 1.16 bits per heavy atom. The fraction of sp³-hybridized carbons (Fsp3) is 0.889. The average molecular weight is 523 g/mol. The van der Waals surface area contributed by atoms with Crippen molar-refractivity contribution in [3.8, 4) is 0 Å². The van der Waals surface area contributed by atoms with Gasteiger partial charge in [0.05, 0.1) is 43.3 Å². The van der Waals surface area contributed by atoms with Crippen LogP contribution >= 0.6 is 0 Å². The van der Waals surface area contributed by atoms with Crippen LogP contribution in [0.1, 0.15) is 53.9 Å². The second kappa shape index (κ2) is 11.2. The summed E-state index contributed by atoms with van der Waals surface area (Å²) in [5, 5.41) is 16.4. The van der Waals surface area contributed by atoms with Crippen LogP contribution < -0.4 is 10.6 Å². The second-order valence-corrected chi connectivity index (χ2v) is 12.0. The van der Waals surface area contributed by atoms with Gasteiger partial charge in [-0.05, 0) is 38.0 Å². The number of nitrogens with zero attached hydrogens (tertiary/aromatic N) is 2. The number of amides is 3. The van der Waals surface area contributed by atoms with Gasteiger partial charge in [0, 0.05) is 32.7 Å². The maximum atomic E-state index is 14.2. The summed E-state index contributed by atoms with van der Waals surface area (Å²) in [6.07, 6.45) is 1.87. The Hall–Kier alpha value is -1.75. The van der Waals surface area contributed by atoms with Crippen molar-refractivity contribution in [1.82, 2.24) is 20.4 Å². The first-order valence-electron chi connectivity index (χ1n) is 14.1. The molecule has 0 aromatic heterocycles. The molecule has 0 saturated carbocycles. The summed E-state index contributed by atoms with van der Waals surface area (Å²) in [7, 11) is 0. The van der Waals surface area contributed by atoms with Gasteiger partial charge in [-0.1, -0.05) is 27.7 Å². The zero-order chi connectivity index (χ0) is 27.0. The van der Waals surface area contributed by atoms with E-state index in [1.807, 2.05) is 34.6 Å². The third kappa shape index (κ3) is 4.90. The van der Waals surface area contributed by atoms with Gasteiger partial charge in [-0.3, -0.25) is 19.3 Å². The van der Waals surface area contributed by atoms with Gasteiger partial charge < -0.3 is 30.1 Å². The van der Waals surface area contributed by atoms with Crippen molar-refractivity contribution in [2.75, 3.05) is 52.5 Å². The second-order valence-electron chi connectivity index (χ2n) is 12.0. The van der Waals surface area contributed by atoms with Crippen LogP contribution in [-0.4, -0.2) is 108 Å². The lowest BCUT2D eigenvalue weighted by molar-refractivity contribution is -0.151. The highest BCUT2D eigenvalue weighted by atomic mass is 16.5. The number of morpholine rings is 1. The summed E-state index contributed by atoms with van der Waals surface area (Å²) in [6, 6.07) is -1.41. The van der Waals surface area contributed by atoms with Crippen LogP contribution in [0.2, 0.25) is 0 Å². The van der Waals surface area contributed by atoms with Crippen molar-refractivity contribution in [2.24, 2.45) is 23.7 Å². The highest BCUT2D eigenvalue weighted by Crippen LogP contribution is 2.65. The summed E-state index contributed by atoms with van der Waals surface area (Å²) < 4.78 is 12.1. The molecule has 0 aliphatic carbocycles. The molecule has 0 aromatic carbocycles. The average Bonchev–Trinajstić information content (AvgIpc) is 3.38. The van der Waals surface area contributed by atoms with E-state index in [0.29, 0.717) is 45.7 Å². The minimum absolute atomic E-state index is 0.00444. The highest BCUT2D eigenvalue weighted by Gasteiger charge is 2.80. The first kappa shape index (κ1) is 28.3. The van der Waals surface area contributed by atoms with E-state index < -0.39 is 35.1 Å². The van der Waals surface area contributed by atoms with E-state index in [-0.39, 0.29) is 36.2 Å². The van der Waals surface area contributed by atoms with Gasteiger partial charge in [0.25, 0.3) is 0 Å². The summed E-state index contributed by atoms with van der Waals surface area (Å²) in [4.78, 5) is 45.4. The third-order valence-corrected chi connectivity index (χ3v) is 9.01. The summed E-state index contributed by atoms with van der Waals surface area (Å²) in [5.74, 6) is -1.92. The molecule has 2 bridgehead atoms. The molecule has 4 aliphatic heterocycles. The van der Waals surface area contributed by atoms with Gasteiger partial charge in [0.2, 0.25) is 17.7 Å². The van der Waals surface area contributed by atoms with E-state index in [1.165, 1.54) is 0 Å². The molecular weight excluding hydrogens is 476 g/mol. The van der Waals surface area contributed by atoms with Crippen molar-refractivity contribution in [3.63, 3.8) is 0 Å². The van der Waals surface area contributed by atoms with Gasteiger partial charge in [-0.25, -0.2) is 0 Å². The van der Waals surface area contributed by atoms with Crippen LogP contribution in [0.15, 0.2) is 0 Å². The van der Waals surface area contributed by atoms with Gasteiger partial charge in [-0.2, -0.15) is 0 Å². The molecule has 10 nitrogen and oxygen atoms in total. The smallest absolute Gasteiger partial charge is 0.245 e. The van der Waals surface area contributed by atoms with E-state index >= 15 is 0 Å². The molecule has 37 heavy (non-hydrogen) atoms. The number of likely N-dealkylation sites (tertiary alicyclic amines) is 1. The lowest BCUT2D eigenvalue weighted by Crippen LogP contribution is -2.59. The Bertz CT molecular complexity index is 864. The Morgan fingerprint density at radius 2 is 1.84 bits per heavy atom. The van der Waals surface area contributed by atoms with E-state index in [1.54, 1.807) is 4.90 Å². The van der Waals surface area contributed by atoms with Gasteiger partial charge in [0.15, 0.2) is 0 Å². The van der Waals surface area contributed by atoms with Gasteiger partial charge in [0.1, 0.15) is 11.6 Å². The lowest BCUT2D eigenvalue weighted by Gasteiger charge is -2.37. The number of hydrogen-bond donors (Lipinski definition) is 3. The first-order valence-corrected chi connectivity index (χ1v) is 14.1. The minimum atomic E-state index is -1.09. The molecule has 4 rings (SSSR count). The standard InChI is InChI=1S/C27H46N4O6/c1-6-7-28-23(33)20-21-25(35)31(19(16-32)14-17(2)3)22(27(21)15-18(4)26(20,5)37-27)24(34)29-8-9-30-10-12-36-13-11-30/h17-22,32H,6-16H2,1-5H3,(H,28,33)(H,29,34)/t18?,19-,20+,21+,22?,26-,27?/m1/s1. The number of nitrogens with one attached hydrogen (secondary N) is 2. The summed E-state index contributed by atoms with van der Waals surface area (Å²) >= 11 is 0. The van der Waals surface area contributed by atoms with Crippen LogP contribution in [0.4, 0.5) is 0 Å². The van der Waals surface area contributed by atoms with Crippen LogP contribution in [0.3, 0.4) is 0 Å². The van der Waals surface area contributed by atoms with Crippen molar-refractivity contribution in [2.45, 2.75) is 77.2 Å². The Morgan fingerprint density at radius 3 is 2.46 bits per heavy atom. The fourth-order valence-electron chi connectivity index (χ4n) is 7.21. The largest absolute Gasteiger partial charge is 0.394 e. The number of fused-ring (bicyclic) bond motifs is 1. The summed E-state index contributed by atoms with van der Waals surface area (Å²) in [5.41, 5.74) is -1.92. The maximum Gasteiger partial charge on any atom is 0.245 e. The molecule has 0 aromatic rings. The molecule has 3 unspecified atom stereocenters. The number of aliphatic hydroxyl groups is 1. The zero-order valence-electron chi connectivity index (χ0n) is 23.1. The number of carbonyl (C=O) groups is 3. The molecule has 10 heteroatoms. The SMILES string of the molecule is CCCNC(=O)[C@@H]1[C@H]2C(=O)N([C@@H](CO)CC(C)C)C(C(=O)NCCN3CCOCC3)C23CC(C)[C@@]1(C)O3. The van der Waals surface area contributed by atoms with E-state index in [0.717, 1.165) is 19.5 Å². The minimum Gasteiger partial charge on any atom is -0.394 e. The lowest BCUT2D eigenvalue weighted by atomic mass is 9.62. The van der Waals surface area contributed by atoms with Crippen molar-refractivity contribution in [3.05, 3.63) is 0 Å². The van der Waals surface area contributed by atoms with Crippen molar-refractivity contribution < 1.29 is 29.0 Å². The molecule has 4 aliphatic rings. The van der Waals surface area contributed by atoms with Crippen LogP contribution in [0.25, 0.3) is 0 Å². The predicted octanol–water partition coefficient (Wildman–Crippen LogP) is 0.379. The molecule has 0 radical (unpaired) electrons. The van der Waals surface area contributed by atoms with Crippen LogP contribution in [0, 0.1) is 23.7 Å². The fourth-order valence-corrected chi connectivity index (χ4v) is 7.21. The Labute approximate surface area is 220 Å². The number of hydrogen-bond acceptors (Lipinski definition) is 7. The van der Waals surface area contributed by atoms with E-state index in [2.05, 4.69) is 15.5 Å². The quantitative estimate of drug-likeness (QED) is 0.359. The van der Waals surface area contributed by atoms with Crippen LogP contribution in [-0.2, 0) is 23.9 Å². The van der Waals surface area contributed by atoms with Gasteiger partial charge >= 0.3 is 0 Å². The first-order chi connectivity index (χ1) is 17.6. The molecule has 4 heterocycles. The van der Waals surface area contributed by atoms with Crippen molar-refractivity contribution >= 4 is 17.7 Å². The molecule has 4 fully saturated rings. The molecule has 7 atom stereocenters. The van der Waals surface area contributed by atoms with E-state index in [9.17, 15) is 19.5 Å². The Balaban J connectivity index is 1.65. The number of carbonyl (C=O) groups excluding carboxylic acids is 3. The zero-order valence-corrected chi connectivity index (χ0v) is 23.1. The molecule has 210 valence electrons. The molecule has 3 amide bonds. The predicted molar refractivity (Wildman–Crippen MR) is 138 cm³/mol. The molecule has 4 saturated heterocycles. The molecular formula is C27H46N4O6. The van der Waals surface area contributed by atoms with Crippen LogP contribution in [0.5, 0.6) is 0 Å². The third-order valence-electron chi connectivity index (χ3n) is 9.01. The van der Waals surface area contributed by atoms with Gasteiger partial charge in [-0.15, -0.1) is 0 Å². The number of ether oxygens (including phenoxy) is 2. The molecule has 3 N–H and O–H groups in total.